The first-order valence-corrected chi connectivity index (χ1v) is 7.77. The molecule has 0 fully saturated rings. The third kappa shape index (κ3) is 3.05. The van der Waals surface area contributed by atoms with Crippen LogP contribution in [0.25, 0.3) is 0 Å². The molecule has 2 nitrogen and oxygen atoms in total. The molecular weight excluding hydrogens is 314 g/mol. The maximum Gasteiger partial charge on any atom is 0.125 e. The Balaban J connectivity index is 1.68. The van der Waals surface area contributed by atoms with Gasteiger partial charge in [-0.15, -0.1) is 0 Å². The van der Waals surface area contributed by atoms with Crippen LogP contribution in [-0.4, -0.2) is 6.10 Å². The molecule has 0 radical (unpaired) electrons. The van der Waals surface area contributed by atoms with Crippen LogP contribution in [0.4, 0.5) is 0 Å². The summed E-state index contributed by atoms with van der Waals surface area (Å²) in [7, 11) is 0. The molecule has 2 atom stereocenters. The normalized spacial score (nSPS) is 21.1. The van der Waals surface area contributed by atoms with Crippen molar-refractivity contribution < 1.29 is 4.74 Å². The summed E-state index contributed by atoms with van der Waals surface area (Å²) in [4.78, 5) is 0. The van der Waals surface area contributed by atoms with E-state index < -0.39 is 0 Å². The molecule has 2 N–H and O–H groups in total. The van der Waals surface area contributed by atoms with Gasteiger partial charge in [-0.25, -0.2) is 0 Å². The number of hydrogen-bond acceptors (Lipinski definition) is 2. The summed E-state index contributed by atoms with van der Waals surface area (Å²) in [6.07, 6.45) is 3.12. The van der Waals surface area contributed by atoms with Crippen LogP contribution in [0.5, 0.6) is 5.75 Å². The predicted octanol–water partition coefficient (Wildman–Crippen LogP) is 4.23. The van der Waals surface area contributed by atoms with Crippen LogP contribution < -0.4 is 10.5 Å². The van der Waals surface area contributed by atoms with Crippen molar-refractivity contribution in [3.05, 3.63) is 64.1 Å². The first-order chi connectivity index (χ1) is 9.72. The maximum absolute atomic E-state index is 6.26. The molecular formula is C17H18BrNO. The maximum atomic E-state index is 6.26. The highest BCUT2D eigenvalue weighted by Crippen LogP contribution is 2.36. The molecule has 0 aliphatic carbocycles. The van der Waals surface area contributed by atoms with Gasteiger partial charge in [0.05, 0.1) is 0 Å². The van der Waals surface area contributed by atoms with Gasteiger partial charge in [-0.1, -0.05) is 52.3 Å². The van der Waals surface area contributed by atoms with Crippen molar-refractivity contribution in [1.29, 1.82) is 0 Å². The van der Waals surface area contributed by atoms with Crippen LogP contribution in [0.3, 0.4) is 0 Å². The zero-order valence-electron chi connectivity index (χ0n) is 11.3. The lowest BCUT2D eigenvalue weighted by Crippen LogP contribution is -2.29. The summed E-state index contributed by atoms with van der Waals surface area (Å²) in [6.45, 7) is 0. The Bertz CT molecular complexity index is 585. The van der Waals surface area contributed by atoms with Gasteiger partial charge < -0.3 is 10.5 Å². The van der Waals surface area contributed by atoms with E-state index in [0.29, 0.717) is 0 Å². The Labute approximate surface area is 128 Å². The number of fused-ring (bicyclic) bond motifs is 1. The Kier molecular flexibility index (Phi) is 4.08. The Hall–Kier alpha value is -1.32. The molecule has 0 saturated carbocycles. The van der Waals surface area contributed by atoms with Gasteiger partial charge in [0.1, 0.15) is 11.9 Å². The molecule has 3 rings (SSSR count). The molecule has 2 unspecified atom stereocenters. The van der Waals surface area contributed by atoms with Crippen LogP contribution in [0.1, 0.15) is 30.0 Å². The number of nitrogens with two attached hydrogens (primary N) is 1. The van der Waals surface area contributed by atoms with Crippen LogP contribution in [0, 0.1) is 0 Å². The molecule has 3 heteroatoms. The monoisotopic (exact) mass is 331 g/mol. The summed E-state index contributed by atoms with van der Waals surface area (Å²) in [5.41, 5.74) is 8.73. The Morgan fingerprint density at radius 1 is 1.15 bits per heavy atom. The van der Waals surface area contributed by atoms with Gasteiger partial charge in [0, 0.05) is 22.5 Å². The second-order valence-electron chi connectivity index (χ2n) is 5.29. The first-order valence-electron chi connectivity index (χ1n) is 6.98. The van der Waals surface area contributed by atoms with Crippen molar-refractivity contribution in [1.82, 2.24) is 0 Å². The van der Waals surface area contributed by atoms with Gasteiger partial charge in [0.25, 0.3) is 0 Å². The molecule has 1 aliphatic rings. The van der Waals surface area contributed by atoms with Gasteiger partial charge in [-0.2, -0.15) is 0 Å². The van der Waals surface area contributed by atoms with E-state index in [1.807, 2.05) is 18.2 Å². The lowest BCUT2D eigenvalue weighted by molar-refractivity contribution is 0.150. The Morgan fingerprint density at radius 3 is 2.75 bits per heavy atom. The molecule has 1 aliphatic heterocycles. The van der Waals surface area contributed by atoms with Crippen molar-refractivity contribution in [2.45, 2.75) is 31.4 Å². The van der Waals surface area contributed by atoms with Gasteiger partial charge >= 0.3 is 0 Å². The second-order valence-corrected chi connectivity index (χ2v) is 6.20. The zero-order valence-corrected chi connectivity index (χ0v) is 12.8. The number of rotatable bonds is 3. The van der Waals surface area contributed by atoms with Crippen LogP contribution in [-0.2, 0) is 6.42 Å². The highest BCUT2D eigenvalue weighted by Gasteiger charge is 2.25. The minimum atomic E-state index is 0.0765. The molecule has 2 aromatic rings. The van der Waals surface area contributed by atoms with Crippen molar-refractivity contribution in [2.24, 2.45) is 5.73 Å². The average molecular weight is 332 g/mol. The fourth-order valence-electron chi connectivity index (χ4n) is 2.70. The number of ether oxygens (including phenoxy) is 1. The van der Waals surface area contributed by atoms with Crippen molar-refractivity contribution in [2.75, 3.05) is 0 Å². The number of halogens is 1. The minimum Gasteiger partial charge on any atom is -0.490 e. The molecule has 1 heterocycles. The summed E-state index contributed by atoms with van der Waals surface area (Å²) >= 11 is 3.49. The van der Waals surface area contributed by atoms with Crippen LogP contribution in [0.15, 0.2) is 53.0 Å². The zero-order chi connectivity index (χ0) is 13.9. The smallest absolute Gasteiger partial charge is 0.125 e. The average Bonchev–Trinajstić information content (AvgIpc) is 2.46. The molecule has 0 amide bonds. The molecule has 0 spiro atoms. The lowest BCUT2D eigenvalue weighted by atomic mass is 9.94. The SMILES string of the molecule is NC1CC(CCc2ccccc2)Oc2cc(Br)ccc21. The van der Waals surface area contributed by atoms with E-state index in [1.165, 1.54) is 5.56 Å². The van der Waals surface area contributed by atoms with Gasteiger partial charge in [-0.3, -0.25) is 0 Å². The third-order valence-electron chi connectivity index (χ3n) is 3.78. The summed E-state index contributed by atoms with van der Waals surface area (Å²) in [6, 6.07) is 16.7. The topological polar surface area (TPSA) is 35.2 Å². The standard InChI is InChI=1S/C17H18BrNO/c18-13-7-9-15-16(19)11-14(20-17(15)10-13)8-6-12-4-2-1-3-5-12/h1-5,7,9-10,14,16H,6,8,11,19H2. The fraction of sp³-hybridized carbons (Fsp3) is 0.294. The van der Waals surface area contributed by atoms with Crippen molar-refractivity contribution in [3.8, 4) is 5.75 Å². The van der Waals surface area contributed by atoms with E-state index in [4.69, 9.17) is 10.5 Å². The number of benzene rings is 2. The van der Waals surface area contributed by atoms with Crippen molar-refractivity contribution in [3.63, 3.8) is 0 Å². The molecule has 104 valence electrons. The van der Waals surface area contributed by atoms with E-state index in [0.717, 1.165) is 35.0 Å². The number of hydrogen-bond donors (Lipinski definition) is 1. The highest BCUT2D eigenvalue weighted by molar-refractivity contribution is 9.10. The fourth-order valence-corrected chi connectivity index (χ4v) is 3.04. The summed E-state index contributed by atoms with van der Waals surface area (Å²) < 4.78 is 7.13. The van der Waals surface area contributed by atoms with Crippen LogP contribution in [0.2, 0.25) is 0 Å². The molecule has 0 saturated heterocycles. The molecule has 0 aromatic heterocycles. The number of aryl methyl sites for hydroxylation is 1. The van der Waals surface area contributed by atoms with Crippen molar-refractivity contribution >= 4 is 15.9 Å². The molecule has 20 heavy (non-hydrogen) atoms. The minimum absolute atomic E-state index is 0.0765. The quantitative estimate of drug-likeness (QED) is 0.913. The summed E-state index contributed by atoms with van der Waals surface area (Å²) in [5.74, 6) is 0.927. The predicted molar refractivity (Wildman–Crippen MR) is 84.9 cm³/mol. The van der Waals surface area contributed by atoms with Gasteiger partial charge in [0.2, 0.25) is 0 Å². The van der Waals surface area contributed by atoms with E-state index in [9.17, 15) is 0 Å². The summed E-state index contributed by atoms with van der Waals surface area (Å²) in [5, 5.41) is 0. The van der Waals surface area contributed by atoms with Gasteiger partial charge in [0.15, 0.2) is 0 Å². The molecule has 2 aromatic carbocycles. The van der Waals surface area contributed by atoms with Crippen LogP contribution >= 0.6 is 15.9 Å². The molecule has 0 bridgehead atoms. The van der Waals surface area contributed by atoms with E-state index in [1.54, 1.807) is 0 Å². The second kappa shape index (κ2) is 5.98. The Morgan fingerprint density at radius 2 is 1.95 bits per heavy atom. The highest BCUT2D eigenvalue weighted by atomic mass is 79.9. The lowest BCUT2D eigenvalue weighted by Gasteiger charge is -2.30. The largest absolute Gasteiger partial charge is 0.490 e. The van der Waals surface area contributed by atoms with E-state index in [2.05, 4.69) is 46.3 Å². The third-order valence-corrected chi connectivity index (χ3v) is 4.28. The van der Waals surface area contributed by atoms with Gasteiger partial charge in [-0.05, 0) is 30.5 Å². The first kappa shape index (κ1) is 13.7. The van der Waals surface area contributed by atoms with E-state index >= 15 is 0 Å². The van der Waals surface area contributed by atoms with E-state index in [-0.39, 0.29) is 12.1 Å².